The third kappa shape index (κ3) is 4.41. The van der Waals surface area contributed by atoms with Crippen molar-refractivity contribution in [1.29, 1.82) is 0 Å². The van der Waals surface area contributed by atoms with Crippen molar-refractivity contribution in [1.82, 2.24) is 5.32 Å². The van der Waals surface area contributed by atoms with Gasteiger partial charge < -0.3 is 10.4 Å². The van der Waals surface area contributed by atoms with Crippen LogP contribution in [0.3, 0.4) is 0 Å². The van der Waals surface area contributed by atoms with Crippen molar-refractivity contribution in [2.45, 2.75) is 19.8 Å². The SMILES string of the molecule is CC(C)=CC(=O)NC[C@@H](C(=O)O)c1ccccc1. The first kappa shape index (κ1) is 14.0. The Bertz CT molecular complexity index is 447. The molecule has 0 bridgehead atoms. The normalized spacial score (nSPS) is 11.4. The van der Waals surface area contributed by atoms with Gasteiger partial charge in [0.1, 0.15) is 0 Å². The molecule has 1 aromatic rings. The van der Waals surface area contributed by atoms with Crippen LogP contribution in [0, 0.1) is 0 Å². The Morgan fingerprint density at radius 3 is 2.39 bits per heavy atom. The van der Waals surface area contributed by atoms with E-state index in [1.165, 1.54) is 6.08 Å². The number of hydrogen-bond donors (Lipinski definition) is 2. The van der Waals surface area contributed by atoms with E-state index in [0.29, 0.717) is 5.56 Å². The molecule has 0 saturated carbocycles. The van der Waals surface area contributed by atoms with Gasteiger partial charge in [-0.1, -0.05) is 35.9 Å². The van der Waals surface area contributed by atoms with Gasteiger partial charge in [0.15, 0.2) is 0 Å². The second-order valence-corrected chi connectivity index (χ2v) is 4.27. The van der Waals surface area contributed by atoms with Crippen molar-refractivity contribution in [3.63, 3.8) is 0 Å². The lowest BCUT2D eigenvalue weighted by molar-refractivity contribution is -0.138. The highest BCUT2D eigenvalue weighted by atomic mass is 16.4. The fourth-order valence-corrected chi connectivity index (χ4v) is 1.55. The van der Waals surface area contributed by atoms with Crippen LogP contribution in [0.2, 0.25) is 0 Å². The lowest BCUT2D eigenvalue weighted by Crippen LogP contribution is -2.30. The van der Waals surface area contributed by atoms with Crippen molar-refractivity contribution < 1.29 is 14.7 Å². The molecule has 1 atom stereocenters. The summed E-state index contributed by atoms with van der Waals surface area (Å²) in [6.45, 7) is 3.71. The molecular formula is C14H17NO3. The van der Waals surface area contributed by atoms with Gasteiger partial charge in [-0.15, -0.1) is 0 Å². The highest BCUT2D eigenvalue weighted by Gasteiger charge is 2.19. The van der Waals surface area contributed by atoms with Crippen molar-refractivity contribution in [2.24, 2.45) is 0 Å². The van der Waals surface area contributed by atoms with Crippen molar-refractivity contribution >= 4 is 11.9 Å². The van der Waals surface area contributed by atoms with E-state index in [9.17, 15) is 9.59 Å². The maximum atomic E-state index is 11.4. The molecule has 0 heterocycles. The first-order valence-corrected chi connectivity index (χ1v) is 5.71. The van der Waals surface area contributed by atoms with Gasteiger partial charge in [-0.3, -0.25) is 9.59 Å². The zero-order chi connectivity index (χ0) is 13.5. The third-order valence-corrected chi connectivity index (χ3v) is 2.40. The molecule has 0 aliphatic heterocycles. The van der Waals surface area contributed by atoms with Crippen molar-refractivity contribution in [2.75, 3.05) is 6.54 Å². The van der Waals surface area contributed by atoms with Gasteiger partial charge in [0.2, 0.25) is 5.91 Å². The van der Waals surface area contributed by atoms with E-state index in [1.807, 2.05) is 19.9 Å². The molecule has 1 rings (SSSR count). The third-order valence-electron chi connectivity index (χ3n) is 2.40. The summed E-state index contributed by atoms with van der Waals surface area (Å²) in [6.07, 6.45) is 1.45. The number of allylic oxidation sites excluding steroid dienone is 1. The minimum absolute atomic E-state index is 0.0853. The average Bonchev–Trinajstić information content (AvgIpc) is 2.29. The van der Waals surface area contributed by atoms with E-state index < -0.39 is 11.9 Å². The number of amides is 1. The molecule has 0 aliphatic carbocycles. The summed E-state index contributed by atoms with van der Waals surface area (Å²) in [4.78, 5) is 22.6. The number of rotatable bonds is 5. The van der Waals surface area contributed by atoms with E-state index in [1.54, 1.807) is 24.3 Å². The molecule has 0 fully saturated rings. The van der Waals surface area contributed by atoms with Gasteiger partial charge in [0.25, 0.3) is 0 Å². The monoisotopic (exact) mass is 247 g/mol. The van der Waals surface area contributed by atoms with Crippen LogP contribution in [-0.4, -0.2) is 23.5 Å². The zero-order valence-corrected chi connectivity index (χ0v) is 10.5. The van der Waals surface area contributed by atoms with E-state index >= 15 is 0 Å². The average molecular weight is 247 g/mol. The van der Waals surface area contributed by atoms with Crippen LogP contribution >= 0.6 is 0 Å². The standard InChI is InChI=1S/C14H17NO3/c1-10(2)8-13(16)15-9-12(14(17)18)11-6-4-3-5-7-11/h3-8,12H,9H2,1-2H3,(H,15,16)(H,17,18)/t12-/m1/s1. The highest BCUT2D eigenvalue weighted by molar-refractivity contribution is 5.88. The molecule has 96 valence electrons. The van der Waals surface area contributed by atoms with Gasteiger partial charge in [0.05, 0.1) is 5.92 Å². The first-order chi connectivity index (χ1) is 8.50. The second kappa shape index (κ2) is 6.59. The Hall–Kier alpha value is -2.10. The lowest BCUT2D eigenvalue weighted by Gasteiger charge is -2.13. The molecule has 0 aliphatic rings. The summed E-state index contributed by atoms with van der Waals surface area (Å²) >= 11 is 0. The smallest absolute Gasteiger partial charge is 0.312 e. The predicted octanol–water partition coefficient (Wildman–Crippen LogP) is 1.94. The van der Waals surface area contributed by atoms with Crippen LogP contribution in [0.5, 0.6) is 0 Å². The number of benzene rings is 1. The number of carbonyl (C=O) groups is 2. The zero-order valence-electron chi connectivity index (χ0n) is 10.5. The van der Waals surface area contributed by atoms with Crippen LogP contribution < -0.4 is 5.32 Å². The first-order valence-electron chi connectivity index (χ1n) is 5.71. The number of carboxylic acids is 1. The van der Waals surface area contributed by atoms with Crippen LogP contribution in [0.1, 0.15) is 25.3 Å². The summed E-state index contributed by atoms with van der Waals surface area (Å²) in [5.74, 6) is -1.93. The molecule has 4 heteroatoms. The number of carboxylic acid groups (broad SMARTS) is 1. The minimum Gasteiger partial charge on any atom is -0.481 e. The molecule has 1 aromatic carbocycles. The molecule has 1 amide bonds. The molecule has 0 radical (unpaired) electrons. The van der Waals surface area contributed by atoms with E-state index in [-0.39, 0.29) is 12.5 Å². The molecule has 0 saturated heterocycles. The van der Waals surface area contributed by atoms with E-state index in [0.717, 1.165) is 5.57 Å². The Labute approximate surface area is 106 Å². The molecule has 4 nitrogen and oxygen atoms in total. The van der Waals surface area contributed by atoms with Crippen LogP contribution in [0.15, 0.2) is 42.0 Å². The summed E-state index contributed by atoms with van der Waals surface area (Å²) in [7, 11) is 0. The fourth-order valence-electron chi connectivity index (χ4n) is 1.55. The Morgan fingerprint density at radius 1 is 1.28 bits per heavy atom. The predicted molar refractivity (Wildman–Crippen MR) is 69.3 cm³/mol. The maximum Gasteiger partial charge on any atom is 0.312 e. The van der Waals surface area contributed by atoms with E-state index in [2.05, 4.69) is 5.32 Å². The maximum absolute atomic E-state index is 11.4. The fraction of sp³-hybridized carbons (Fsp3) is 0.286. The number of hydrogen-bond acceptors (Lipinski definition) is 2. The van der Waals surface area contributed by atoms with Crippen LogP contribution in [-0.2, 0) is 9.59 Å². The molecule has 2 N–H and O–H groups in total. The molecular weight excluding hydrogens is 230 g/mol. The van der Waals surface area contributed by atoms with E-state index in [4.69, 9.17) is 5.11 Å². The summed E-state index contributed by atoms with van der Waals surface area (Å²) < 4.78 is 0. The molecule has 0 aromatic heterocycles. The molecule has 18 heavy (non-hydrogen) atoms. The van der Waals surface area contributed by atoms with Gasteiger partial charge in [-0.25, -0.2) is 0 Å². The quantitative estimate of drug-likeness (QED) is 0.781. The van der Waals surface area contributed by atoms with Crippen molar-refractivity contribution in [3.8, 4) is 0 Å². The van der Waals surface area contributed by atoms with Gasteiger partial charge in [-0.05, 0) is 19.4 Å². The summed E-state index contributed by atoms with van der Waals surface area (Å²) in [5, 5.41) is 11.8. The van der Waals surface area contributed by atoms with Gasteiger partial charge >= 0.3 is 5.97 Å². The Kier molecular flexibility index (Phi) is 5.11. The molecule has 0 unspecified atom stereocenters. The topological polar surface area (TPSA) is 66.4 Å². The van der Waals surface area contributed by atoms with Crippen LogP contribution in [0.25, 0.3) is 0 Å². The largest absolute Gasteiger partial charge is 0.481 e. The van der Waals surface area contributed by atoms with Crippen LogP contribution in [0.4, 0.5) is 0 Å². The van der Waals surface area contributed by atoms with Gasteiger partial charge in [-0.2, -0.15) is 0 Å². The second-order valence-electron chi connectivity index (χ2n) is 4.27. The van der Waals surface area contributed by atoms with Crippen molar-refractivity contribution in [3.05, 3.63) is 47.5 Å². The summed E-state index contributed by atoms with van der Waals surface area (Å²) in [6, 6.07) is 8.87. The molecule has 0 spiro atoms. The highest BCUT2D eigenvalue weighted by Crippen LogP contribution is 2.14. The number of carbonyl (C=O) groups excluding carboxylic acids is 1. The number of nitrogens with one attached hydrogen (secondary N) is 1. The Balaban J connectivity index is 2.69. The van der Waals surface area contributed by atoms with Gasteiger partial charge in [0, 0.05) is 12.6 Å². The number of aliphatic carboxylic acids is 1. The Morgan fingerprint density at radius 2 is 1.89 bits per heavy atom. The summed E-state index contributed by atoms with van der Waals surface area (Å²) in [5.41, 5.74) is 1.56. The lowest BCUT2D eigenvalue weighted by atomic mass is 9.99. The minimum atomic E-state index is -0.946.